The van der Waals surface area contributed by atoms with E-state index in [0.29, 0.717) is 11.8 Å². The molecule has 0 fully saturated rings. The molecular formula is C10H16Cl2N2. The Morgan fingerprint density at radius 3 is 2.50 bits per heavy atom. The first-order chi connectivity index (χ1) is 6.61. The van der Waals surface area contributed by atoms with Crippen molar-refractivity contribution < 1.29 is 0 Å². The fraction of sp³-hybridized carbons (Fsp3) is 0.700. The lowest BCUT2D eigenvalue weighted by atomic mass is 9.89. The van der Waals surface area contributed by atoms with Crippen LogP contribution in [0.5, 0.6) is 0 Å². The lowest BCUT2D eigenvalue weighted by Gasteiger charge is -2.23. The molecule has 0 bridgehead atoms. The molecule has 0 N–H and O–H groups in total. The number of hydrogen-bond donors (Lipinski definition) is 0. The predicted octanol–water partition coefficient (Wildman–Crippen LogP) is 2.84. The summed E-state index contributed by atoms with van der Waals surface area (Å²) in [5, 5.41) is 4.12. The Morgan fingerprint density at radius 2 is 2.07 bits per heavy atom. The lowest BCUT2D eigenvalue weighted by Crippen LogP contribution is -2.22. The van der Waals surface area contributed by atoms with Crippen LogP contribution in [0.25, 0.3) is 0 Å². The molecule has 0 amide bonds. The Labute approximate surface area is 95.2 Å². The van der Waals surface area contributed by atoms with Gasteiger partial charge in [-0.3, -0.25) is 4.68 Å². The number of halogens is 2. The summed E-state index contributed by atoms with van der Waals surface area (Å²) in [6.07, 6.45) is 3.79. The SMILES string of the molecule is Cn1nccc1CCC(C)(CCl)CCl. The van der Waals surface area contributed by atoms with Crippen molar-refractivity contribution >= 4 is 23.2 Å². The second-order valence-corrected chi connectivity index (χ2v) is 4.56. The first kappa shape index (κ1) is 11.9. The first-order valence-electron chi connectivity index (χ1n) is 4.70. The van der Waals surface area contributed by atoms with Gasteiger partial charge in [0, 0.05) is 30.7 Å². The molecule has 1 aromatic rings. The van der Waals surface area contributed by atoms with Crippen molar-refractivity contribution in [1.82, 2.24) is 9.78 Å². The molecular weight excluding hydrogens is 219 g/mol. The Kier molecular flexibility index (Phi) is 4.27. The van der Waals surface area contributed by atoms with Crippen LogP contribution in [0.2, 0.25) is 0 Å². The van der Waals surface area contributed by atoms with Gasteiger partial charge in [-0.2, -0.15) is 5.10 Å². The average Bonchev–Trinajstić information content (AvgIpc) is 2.61. The second-order valence-electron chi connectivity index (χ2n) is 4.02. The highest BCUT2D eigenvalue weighted by molar-refractivity contribution is 6.21. The fourth-order valence-corrected chi connectivity index (χ4v) is 1.80. The number of alkyl halides is 2. The van der Waals surface area contributed by atoms with E-state index >= 15 is 0 Å². The zero-order chi connectivity index (χ0) is 10.6. The van der Waals surface area contributed by atoms with Gasteiger partial charge >= 0.3 is 0 Å². The van der Waals surface area contributed by atoms with Gasteiger partial charge in [-0.05, 0) is 24.3 Å². The maximum Gasteiger partial charge on any atom is 0.0492 e. The van der Waals surface area contributed by atoms with Gasteiger partial charge in [-0.1, -0.05) is 6.92 Å². The van der Waals surface area contributed by atoms with Gasteiger partial charge in [0.15, 0.2) is 0 Å². The third kappa shape index (κ3) is 2.89. The molecule has 14 heavy (non-hydrogen) atoms. The monoisotopic (exact) mass is 234 g/mol. The van der Waals surface area contributed by atoms with Crippen LogP contribution in [0.4, 0.5) is 0 Å². The zero-order valence-corrected chi connectivity index (χ0v) is 10.1. The Hall–Kier alpha value is -0.210. The van der Waals surface area contributed by atoms with E-state index in [4.69, 9.17) is 23.2 Å². The molecule has 0 saturated heterocycles. The highest BCUT2D eigenvalue weighted by atomic mass is 35.5. The summed E-state index contributed by atoms with van der Waals surface area (Å²) in [5.74, 6) is 1.21. The number of nitrogens with zero attached hydrogens (tertiary/aromatic N) is 2. The van der Waals surface area contributed by atoms with Crippen LogP contribution >= 0.6 is 23.2 Å². The largest absolute Gasteiger partial charge is 0.273 e. The molecule has 0 aliphatic carbocycles. The van der Waals surface area contributed by atoms with Gasteiger partial charge in [-0.15, -0.1) is 23.2 Å². The van der Waals surface area contributed by atoms with Gasteiger partial charge in [0.25, 0.3) is 0 Å². The van der Waals surface area contributed by atoms with Crippen LogP contribution in [0.3, 0.4) is 0 Å². The van der Waals surface area contributed by atoms with E-state index in [2.05, 4.69) is 12.0 Å². The number of aryl methyl sites for hydroxylation is 2. The molecule has 1 aromatic heterocycles. The summed E-state index contributed by atoms with van der Waals surface area (Å²) >= 11 is 11.8. The quantitative estimate of drug-likeness (QED) is 0.717. The van der Waals surface area contributed by atoms with Crippen LogP contribution in [0.1, 0.15) is 19.0 Å². The number of rotatable bonds is 5. The van der Waals surface area contributed by atoms with Gasteiger partial charge in [-0.25, -0.2) is 0 Å². The summed E-state index contributed by atoms with van der Waals surface area (Å²) in [4.78, 5) is 0. The molecule has 0 spiro atoms. The molecule has 0 aliphatic heterocycles. The van der Waals surface area contributed by atoms with E-state index in [1.54, 1.807) is 0 Å². The van der Waals surface area contributed by atoms with Crippen LogP contribution in [-0.4, -0.2) is 21.5 Å². The van der Waals surface area contributed by atoms with Gasteiger partial charge < -0.3 is 0 Å². The van der Waals surface area contributed by atoms with Crippen molar-refractivity contribution in [3.8, 4) is 0 Å². The highest BCUT2D eigenvalue weighted by Gasteiger charge is 2.22. The minimum atomic E-state index is 0.0351. The molecule has 0 aliphatic rings. The summed E-state index contributed by atoms with van der Waals surface area (Å²) in [5.41, 5.74) is 1.26. The van der Waals surface area contributed by atoms with Gasteiger partial charge in [0.1, 0.15) is 0 Å². The Balaban J connectivity index is 2.52. The summed E-state index contributed by atoms with van der Waals surface area (Å²) in [6.45, 7) is 2.11. The molecule has 0 atom stereocenters. The minimum absolute atomic E-state index is 0.0351. The molecule has 0 radical (unpaired) electrons. The second kappa shape index (κ2) is 5.04. The van der Waals surface area contributed by atoms with Crippen LogP contribution in [0.15, 0.2) is 12.3 Å². The normalized spacial score (nSPS) is 12.0. The molecule has 0 saturated carbocycles. The van der Waals surface area contributed by atoms with Crippen LogP contribution in [0, 0.1) is 5.41 Å². The highest BCUT2D eigenvalue weighted by Crippen LogP contribution is 2.26. The first-order valence-corrected chi connectivity index (χ1v) is 5.77. The molecule has 80 valence electrons. The standard InChI is InChI=1S/C10H16Cl2N2/c1-10(7-11,8-12)5-3-9-4-6-13-14(9)2/h4,6H,3,5,7-8H2,1-2H3. The lowest BCUT2D eigenvalue weighted by molar-refractivity contribution is 0.386. The van der Waals surface area contributed by atoms with Gasteiger partial charge in [0.2, 0.25) is 0 Å². The van der Waals surface area contributed by atoms with Crippen molar-refractivity contribution in [2.24, 2.45) is 12.5 Å². The molecule has 1 rings (SSSR count). The summed E-state index contributed by atoms with van der Waals surface area (Å²) in [6, 6.07) is 2.03. The molecule has 4 heteroatoms. The Morgan fingerprint density at radius 1 is 1.43 bits per heavy atom. The Bertz CT molecular complexity index is 279. The van der Waals surface area contributed by atoms with Crippen LogP contribution < -0.4 is 0 Å². The smallest absolute Gasteiger partial charge is 0.0492 e. The zero-order valence-electron chi connectivity index (χ0n) is 8.63. The fourth-order valence-electron chi connectivity index (χ4n) is 1.25. The van der Waals surface area contributed by atoms with Crippen molar-refractivity contribution in [3.05, 3.63) is 18.0 Å². The topological polar surface area (TPSA) is 17.8 Å². The average molecular weight is 235 g/mol. The third-order valence-corrected chi connectivity index (χ3v) is 3.84. The van der Waals surface area contributed by atoms with E-state index in [1.807, 2.05) is 24.0 Å². The maximum atomic E-state index is 5.88. The molecule has 1 heterocycles. The van der Waals surface area contributed by atoms with Crippen molar-refractivity contribution in [1.29, 1.82) is 0 Å². The van der Waals surface area contributed by atoms with Crippen molar-refractivity contribution in [2.75, 3.05) is 11.8 Å². The number of aromatic nitrogens is 2. The minimum Gasteiger partial charge on any atom is -0.273 e. The maximum absolute atomic E-state index is 5.88. The number of hydrogen-bond acceptors (Lipinski definition) is 1. The third-order valence-electron chi connectivity index (χ3n) is 2.55. The summed E-state index contributed by atoms with van der Waals surface area (Å²) in [7, 11) is 1.95. The van der Waals surface area contributed by atoms with E-state index < -0.39 is 0 Å². The molecule has 0 unspecified atom stereocenters. The van der Waals surface area contributed by atoms with E-state index in [0.717, 1.165) is 12.8 Å². The van der Waals surface area contributed by atoms with Crippen LogP contribution in [-0.2, 0) is 13.5 Å². The predicted molar refractivity (Wildman–Crippen MR) is 61.1 cm³/mol. The van der Waals surface area contributed by atoms with Crippen molar-refractivity contribution in [3.63, 3.8) is 0 Å². The van der Waals surface area contributed by atoms with E-state index in [9.17, 15) is 0 Å². The van der Waals surface area contributed by atoms with E-state index in [1.165, 1.54) is 5.69 Å². The molecule has 0 aromatic carbocycles. The summed E-state index contributed by atoms with van der Waals surface area (Å²) < 4.78 is 1.89. The molecule has 2 nitrogen and oxygen atoms in total. The van der Waals surface area contributed by atoms with E-state index in [-0.39, 0.29) is 5.41 Å². The van der Waals surface area contributed by atoms with Crippen molar-refractivity contribution in [2.45, 2.75) is 19.8 Å². The van der Waals surface area contributed by atoms with Gasteiger partial charge in [0.05, 0.1) is 0 Å².